The van der Waals surface area contributed by atoms with E-state index in [-0.39, 0.29) is 50.4 Å². The fourth-order valence-electron chi connectivity index (χ4n) is 4.09. The number of amides is 8. The molecule has 1 aromatic rings. The summed E-state index contributed by atoms with van der Waals surface area (Å²) in [4.78, 5) is 108. The normalized spacial score (nSPS) is 12.6. The highest BCUT2D eigenvalue weighted by Crippen LogP contribution is 2.08. The molecule has 0 bridgehead atoms. The van der Waals surface area contributed by atoms with Crippen molar-refractivity contribution in [2.24, 2.45) is 5.73 Å². The second-order valence-corrected chi connectivity index (χ2v) is 10.3. The number of rotatable bonds is 22. The van der Waals surface area contributed by atoms with Crippen LogP contribution >= 0.6 is 0 Å². The third-order valence-electron chi connectivity index (χ3n) is 6.44. The van der Waals surface area contributed by atoms with Crippen LogP contribution in [0.3, 0.4) is 0 Å². The van der Waals surface area contributed by atoms with Gasteiger partial charge < -0.3 is 37.1 Å². The van der Waals surface area contributed by atoms with Gasteiger partial charge in [0.05, 0.1) is 26.1 Å². The summed E-state index contributed by atoms with van der Waals surface area (Å²) in [7, 11) is 0. The molecule has 8 amide bonds. The first-order chi connectivity index (χ1) is 22.4. The van der Waals surface area contributed by atoms with E-state index in [9.17, 15) is 43.2 Å². The van der Waals surface area contributed by atoms with Gasteiger partial charge in [0.25, 0.3) is 11.8 Å². The number of unbranched alkanes of at least 4 members (excludes halogenated alkanes) is 2. The van der Waals surface area contributed by atoms with Gasteiger partial charge in [0.1, 0.15) is 19.4 Å². The number of ether oxygens (including phenoxy) is 1. The Morgan fingerprint density at radius 3 is 2.04 bits per heavy atom. The minimum absolute atomic E-state index is 0.0800. The molecule has 1 aromatic carbocycles. The van der Waals surface area contributed by atoms with Crippen LogP contribution in [0.15, 0.2) is 42.5 Å². The van der Waals surface area contributed by atoms with E-state index in [2.05, 4.69) is 26.6 Å². The average molecular weight is 658 g/mol. The summed E-state index contributed by atoms with van der Waals surface area (Å²) < 4.78 is 4.94. The number of carbonyl (C=O) groups excluding carboxylic acids is 9. The highest BCUT2D eigenvalue weighted by Gasteiger charge is 2.23. The van der Waals surface area contributed by atoms with Crippen molar-refractivity contribution in [1.82, 2.24) is 31.5 Å². The van der Waals surface area contributed by atoms with Crippen LogP contribution in [0, 0.1) is 0 Å². The van der Waals surface area contributed by atoms with E-state index >= 15 is 0 Å². The number of nitrogens with two attached hydrogens (primary N) is 1. The van der Waals surface area contributed by atoms with Crippen LogP contribution in [0.2, 0.25) is 0 Å². The van der Waals surface area contributed by atoms with Crippen LogP contribution in [0.1, 0.15) is 37.7 Å². The van der Waals surface area contributed by atoms with E-state index < -0.39 is 67.5 Å². The van der Waals surface area contributed by atoms with Gasteiger partial charge in [-0.05, 0) is 18.4 Å². The number of nitrogens with one attached hydrogen (secondary N) is 5. The van der Waals surface area contributed by atoms with E-state index in [0.717, 1.165) is 4.90 Å². The van der Waals surface area contributed by atoms with Gasteiger partial charge in [0.2, 0.25) is 35.4 Å². The number of carbonyl (C=O) groups is 9. The summed E-state index contributed by atoms with van der Waals surface area (Å²) in [6.45, 7) is -1.85. The van der Waals surface area contributed by atoms with Crippen molar-refractivity contribution in [3.05, 3.63) is 48.0 Å². The Balaban J connectivity index is 1.69. The number of benzene rings is 1. The minimum Gasteiger partial charge on any atom is -0.369 e. The molecule has 0 aromatic heterocycles. The molecular weight excluding hydrogens is 618 g/mol. The summed E-state index contributed by atoms with van der Waals surface area (Å²) in [6.07, 6.45) is 3.75. The van der Waals surface area contributed by atoms with Crippen molar-refractivity contribution >= 4 is 53.0 Å². The molecular formula is C30H39N7O10. The van der Waals surface area contributed by atoms with Gasteiger partial charge in [0, 0.05) is 31.5 Å². The van der Waals surface area contributed by atoms with Gasteiger partial charge in [-0.15, -0.1) is 0 Å². The Kier molecular flexibility index (Phi) is 16.5. The molecule has 1 heterocycles. The molecule has 0 saturated carbocycles. The summed E-state index contributed by atoms with van der Waals surface area (Å²) in [5.41, 5.74) is 5.63. The van der Waals surface area contributed by atoms with Gasteiger partial charge in [0.15, 0.2) is 5.78 Å². The number of hydrogen-bond donors (Lipinski definition) is 6. The van der Waals surface area contributed by atoms with Crippen molar-refractivity contribution < 1.29 is 47.9 Å². The van der Waals surface area contributed by atoms with Crippen LogP contribution < -0.4 is 32.3 Å². The third kappa shape index (κ3) is 15.9. The predicted molar refractivity (Wildman–Crippen MR) is 163 cm³/mol. The Hall–Kier alpha value is -5.45. The lowest BCUT2D eigenvalue weighted by atomic mass is 10.1. The van der Waals surface area contributed by atoms with Gasteiger partial charge >= 0.3 is 0 Å². The summed E-state index contributed by atoms with van der Waals surface area (Å²) in [5, 5.41) is 12.1. The molecule has 0 fully saturated rings. The molecule has 0 spiro atoms. The zero-order valence-corrected chi connectivity index (χ0v) is 25.7. The summed E-state index contributed by atoms with van der Waals surface area (Å²) >= 11 is 0. The average Bonchev–Trinajstić information content (AvgIpc) is 3.35. The smallest absolute Gasteiger partial charge is 0.253 e. The zero-order valence-electron chi connectivity index (χ0n) is 25.7. The molecule has 0 radical (unpaired) electrons. The van der Waals surface area contributed by atoms with Crippen molar-refractivity contribution in [3.8, 4) is 0 Å². The van der Waals surface area contributed by atoms with Crippen molar-refractivity contribution in [3.63, 3.8) is 0 Å². The first-order valence-corrected chi connectivity index (χ1v) is 14.8. The highest BCUT2D eigenvalue weighted by atomic mass is 16.5. The van der Waals surface area contributed by atoms with Crippen molar-refractivity contribution in [2.45, 2.75) is 44.6 Å². The van der Waals surface area contributed by atoms with Crippen LogP contribution in [0.5, 0.6) is 0 Å². The SMILES string of the molecule is NC(=O)CC(=O)COCNC(=O)CNC(=O)[C@H](Cc1ccccc1)NC(=O)CNC(=O)CNC(=O)CCCCCN1C(=O)C=CC1=O. The Labute approximate surface area is 270 Å². The number of hydrogen-bond acceptors (Lipinski definition) is 10. The van der Waals surface area contributed by atoms with E-state index in [4.69, 9.17) is 10.5 Å². The molecule has 2 rings (SSSR count). The Morgan fingerprint density at radius 1 is 0.745 bits per heavy atom. The molecule has 254 valence electrons. The van der Waals surface area contributed by atoms with Gasteiger partial charge in [-0.25, -0.2) is 0 Å². The van der Waals surface area contributed by atoms with Gasteiger partial charge in [-0.3, -0.25) is 48.1 Å². The third-order valence-corrected chi connectivity index (χ3v) is 6.44. The van der Waals surface area contributed by atoms with Crippen LogP contribution in [-0.4, -0.2) is 103 Å². The summed E-state index contributed by atoms with van der Waals surface area (Å²) in [5.74, 6) is -5.11. The van der Waals surface area contributed by atoms with E-state index in [1.807, 2.05) is 0 Å². The standard InChI is InChI=1S/C30H39N7O10/c31-23(39)14-21(38)18-47-19-35-26(42)16-34-30(46)22(13-20-7-3-1-4-8-20)36-27(43)17-33-25(41)15-32-24(40)9-5-2-6-12-37-28(44)10-11-29(37)45/h1,3-4,7-8,10-11,22H,2,5-6,9,12-19H2,(H2,31,39)(H,32,40)(H,33,41)(H,34,46)(H,35,42)(H,36,43)/t22-/m0/s1. The molecule has 1 atom stereocenters. The number of primary amides is 1. The van der Waals surface area contributed by atoms with Crippen molar-refractivity contribution in [1.29, 1.82) is 0 Å². The molecule has 47 heavy (non-hydrogen) atoms. The quantitative estimate of drug-likeness (QED) is 0.0321. The molecule has 0 saturated heterocycles. The first kappa shape index (κ1) is 37.7. The number of imide groups is 1. The van der Waals surface area contributed by atoms with Crippen LogP contribution in [0.25, 0.3) is 0 Å². The van der Waals surface area contributed by atoms with E-state index in [1.54, 1.807) is 30.3 Å². The second kappa shape index (κ2) is 20.6. The van der Waals surface area contributed by atoms with Gasteiger partial charge in [-0.1, -0.05) is 36.8 Å². The molecule has 17 heteroatoms. The Bertz CT molecular complexity index is 1330. The maximum Gasteiger partial charge on any atom is 0.253 e. The molecule has 1 aliphatic heterocycles. The number of Topliss-reactive ketones (excluding diaryl/α,β-unsaturated/α-hetero) is 1. The molecule has 7 N–H and O–H groups in total. The van der Waals surface area contributed by atoms with Crippen LogP contribution in [0.4, 0.5) is 0 Å². The number of ketones is 1. The molecule has 17 nitrogen and oxygen atoms in total. The minimum atomic E-state index is -1.10. The maximum atomic E-state index is 12.9. The molecule has 1 aliphatic rings. The fourth-order valence-corrected chi connectivity index (χ4v) is 4.09. The molecule has 0 unspecified atom stereocenters. The van der Waals surface area contributed by atoms with Gasteiger partial charge in [-0.2, -0.15) is 0 Å². The lowest BCUT2D eigenvalue weighted by molar-refractivity contribution is -0.137. The number of nitrogens with zero attached hydrogens (tertiary/aromatic N) is 1. The zero-order chi connectivity index (χ0) is 34.6. The first-order valence-electron chi connectivity index (χ1n) is 14.8. The largest absolute Gasteiger partial charge is 0.369 e. The maximum absolute atomic E-state index is 12.9. The monoisotopic (exact) mass is 657 g/mol. The Morgan fingerprint density at radius 2 is 1.36 bits per heavy atom. The summed E-state index contributed by atoms with van der Waals surface area (Å²) in [6, 6.07) is 7.66. The van der Waals surface area contributed by atoms with Crippen molar-refractivity contribution in [2.75, 3.05) is 39.5 Å². The highest BCUT2D eigenvalue weighted by molar-refractivity contribution is 6.12. The van der Waals surface area contributed by atoms with E-state index in [0.29, 0.717) is 24.8 Å². The van der Waals surface area contributed by atoms with Crippen LogP contribution in [-0.2, 0) is 54.3 Å². The topological polar surface area (TPSA) is 252 Å². The van der Waals surface area contributed by atoms with E-state index in [1.165, 1.54) is 12.2 Å². The lowest BCUT2D eigenvalue weighted by Gasteiger charge is -2.19. The second-order valence-electron chi connectivity index (χ2n) is 10.3. The predicted octanol–water partition coefficient (Wildman–Crippen LogP) is -2.92. The fraction of sp³-hybridized carbons (Fsp3) is 0.433. The molecule has 0 aliphatic carbocycles. The lowest BCUT2D eigenvalue weighted by Crippen LogP contribution is -2.52.